The van der Waals surface area contributed by atoms with Crippen LogP contribution in [0.15, 0.2) is 11.1 Å². The van der Waals surface area contributed by atoms with Crippen LogP contribution in [0, 0.1) is 0 Å². The Hall–Kier alpha value is -0.860. The molecule has 0 bridgehead atoms. The van der Waals surface area contributed by atoms with E-state index in [1.54, 1.807) is 6.92 Å². The minimum absolute atomic E-state index is 0.0801. The molecule has 70 valence electrons. The number of aliphatic carboxylic acids is 1. The van der Waals surface area contributed by atoms with Crippen LogP contribution in [0.3, 0.4) is 0 Å². The summed E-state index contributed by atoms with van der Waals surface area (Å²) in [7, 11) is 0. The van der Waals surface area contributed by atoms with Crippen molar-refractivity contribution in [2.24, 2.45) is 0 Å². The van der Waals surface area contributed by atoms with Crippen molar-refractivity contribution in [2.75, 3.05) is 6.67 Å². The predicted molar refractivity (Wildman–Crippen MR) is 45.8 cm³/mol. The van der Waals surface area contributed by atoms with Crippen molar-refractivity contribution in [3.05, 3.63) is 11.1 Å². The lowest BCUT2D eigenvalue weighted by Gasteiger charge is -2.03. The summed E-state index contributed by atoms with van der Waals surface area (Å²) in [5, 5.41) is 8.55. The van der Waals surface area contributed by atoms with E-state index in [0.717, 1.165) is 12.8 Å². The summed E-state index contributed by atoms with van der Waals surface area (Å²) in [6, 6.07) is 0. The van der Waals surface area contributed by atoms with E-state index in [1.165, 1.54) is 0 Å². The lowest BCUT2D eigenvalue weighted by Crippen LogP contribution is -2.05. The highest BCUT2D eigenvalue weighted by atomic mass is 19.1. The molecular weight excluding hydrogens is 159 g/mol. The fourth-order valence-electron chi connectivity index (χ4n) is 0.947. The molecule has 0 aliphatic carbocycles. The highest BCUT2D eigenvalue weighted by Crippen LogP contribution is 2.12. The first kappa shape index (κ1) is 11.1. The van der Waals surface area contributed by atoms with Crippen LogP contribution < -0.4 is 0 Å². The first-order chi connectivity index (χ1) is 5.63. The molecule has 3 heteroatoms. The van der Waals surface area contributed by atoms with Crippen molar-refractivity contribution in [1.29, 1.82) is 0 Å². The van der Waals surface area contributed by atoms with Gasteiger partial charge in [-0.25, -0.2) is 9.18 Å². The maximum absolute atomic E-state index is 12.1. The number of carboxylic acids is 1. The van der Waals surface area contributed by atoms with Gasteiger partial charge in [0.15, 0.2) is 0 Å². The Morgan fingerprint density at radius 2 is 2.08 bits per heavy atom. The van der Waals surface area contributed by atoms with Crippen LogP contribution in [0.4, 0.5) is 4.39 Å². The van der Waals surface area contributed by atoms with Gasteiger partial charge in [0.05, 0.1) is 5.57 Å². The van der Waals surface area contributed by atoms with Crippen LogP contribution >= 0.6 is 0 Å². The number of hydrogen-bond acceptors (Lipinski definition) is 1. The van der Waals surface area contributed by atoms with Crippen LogP contribution in [0.2, 0.25) is 0 Å². The molecule has 1 N–H and O–H groups in total. The number of carbonyl (C=O) groups is 1. The smallest absolute Gasteiger partial charge is 0.334 e. The standard InChI is InChI=1S/C9H15FO2/c1-3-4-5-7(2)8(6-10)9(11)12/h3-6H2,1-2H3,(H,11,12). The molecule has 12 heavy (non-hydrogen) atoms. The zero-order valence-corrected chi connectivity index (χ0v) is 7.56. The zero-order chi connectivity index (χ0) is 9.56. The third-order valence-electron chi connectivity index (χ3n) is 1.81. The topological polar surface area (TPSA) is 37.3 Å². The lowest BCUT2D eigenvalue weighted by molar-refractivity contribution is -0.132. The molecule has 0 fully saturated rings. The molecule has 0 aromatic carbocycles. The largest absolute Gasteiger partial charge is 0.478 e. The van der Waals surface area contributed by atoms with Gasteiger partial charge in [-0.2, -0.15) is 0 Å². The van der Waals surface area contributed by atoms with E-state index >= 15 is 0 Å². The average Bonchev–Trinajstić information content (AvgIpc) is 2.01. The molecule has 0 aromatic heterocycles. The van der Waals surface area contributed by atoms with Gasteiger partial charge in [0.1, 0.15) is 6.67 Å². The quantitative estimate of drug-likeness (QED) is 0.650. The molecule has 0 unspecified atom stereocenters. The highest BCUT2D eigenvalue weighted by Gasteiger charge is 2.09. The van der Waals surface area contributed by atoms with E-state index in [-0.39, 0.29) is 5.57 Å². The van der Waals surface area contributed by atoms with Crippen molar-refractivity contribution < 1.29 is 14.3 Å². The van der Waals surface area contributed by atoms with E-state index in [0.29, 0.717) is 12.0 Å². The minimum Gasteiger partial charge on any atom is -0.478 e. The first-order valence-corrected chi connectivity index (χ1v) is 4.11. The lowest BCUT2D eigenvalue weighted by atomic mass is 10.1. The summed E-state index contributed by atoms with van der Waals surface area (Å²) in [4.78, 5) is 10.4. The van der Waals surface area contributed by atoms with Gasteiger partial charge < -0.3 is 5.11 Å². The summed E-state index contributed by atoms with van der Waals surface area (Å²) in [5.41, 5.74) is 0.579. The molecule has 0 radical (unpaired) electrons. The summed E-state index contributed by atoms with van der Waals surface area (Å²) >= 11 is 0. The van der Waals surface area contributed by atoms with Gasteiger partial charge in [-0.3, -0.25) is 0 Å². The summed E-state index contributed by atoms with van der Waals surface area (Å²) < 4.78 is 12.1. The Labute approximate surface area is 72.1 Å². The number of allylic oxidation sites excluding steroid dienone is 1. The van der Waals surface area contributed by atoms with Gasteiger partial charge in [-0.15, -0.1) is 0 Å². The maximum atomic E-state index is 12.1. The third kappa shape index (κ3) is 3.51. The number of carboxylic acid groups (broad SMARTS) is 1. The summed E-state index contributed by atoms with van der Waals surface area (Å²) in [5.74, 6) is -1.13. The van der Waals surface area contributed by atoms with Gasteiger partial charge >= 0.3 is 5.97 Å². The van der Waals surface area contributed by atoms with Gasteiger partial charge in [0.2, 0.25) is 0 Å². The predicted octanol–water partition coefficient (Wildman–Crippen LogP) is 2.55. The average molecular weight is 174 g/mol. The van der Waals surface area contributed by atoms with Gasteiger partial charge in [0, 0.05) is 0 Å². The van der Waals surface area contributed by atoms with Crippen molar-refractivity contribution in [2.45, 2.75) is 33.1 Å². The monoisotopic (exact) mass is 174 g/mol. The van der Waals surface area contributed by atoms with Gasteiger partial charge in [0.25, 0.3) is 0 Å². The SMILES string of the molecule is CCCCC(C)=C(CF)C(=O)O. The minimum atomic E-state index is -1.13. The molecule has 0 amide bonds. The summed E-state index contributed by atoms with van der Waals surface area (Å²) in [6.45, 7) is 2.83. The van der Waals surface area contributed by atoms with Crippen LogP contribution in [0.5, 0.6) is 0 Å². The van der Waals surface area contributed by atoms with Crippen molar-refractivity contribution in [3.63, 3.8) is 0 Å². The van der Waals surface area contributed by atoms with Crippen LogP contribution in [-0.2, 0) is 4.79 Å². The molecule has 0 heterocycles. The molecule has 0 rings (SSSR count). The van der Waals surface area contributed by atoms with E-state index in [9.17, 15) is 9.18 Å². The molecule has 0 saturated carbocycles. The molecule has 0 saturated heterocycles. The maximum Gasteiger partial charge on any atom is 0.334 e. The molecule has 0 aromatic rings. The molecule has 0 aliphatic rings. The molecular formula is C9H15FO2. The second-order valence-electron chi connectivity index (χ2n) is 2.80. The number of hydrogen-bond donors (Lipinski definition) is 1. The number of rotatable bonds is 5. The molecule has 0 spiro atoms. The fraction of sp³-hybridized carbons (Fsp3) is 0.667. The normalized spacial score (nSPS) is 12.6. The molecule has 0 aliphatic heterocycles. The Bertz CT molecular complexity index is 185. The van der Waals surface area contributed by atoms with E-state index in [2.05, 4.69) is 0 Å². The number of unbranched alkanes of at least 4 members (excludes halogenated alkanes) is 1. The Morgan fingerprint density at radius 1 is 1.50 bits per heavy atom. The van der Waals surface area contributed by atoms with E-state index in [4.69, 9.17) is 5.11 Å². The number of alkyl halides is 1. The second-order valence-corrected chi connectivity index (χ2v) is 2.80. The van der Waals surface area contributed by atoms with Crippen LogP contribution in [0.25, 0.3) is 0 Å². The van der Waals surface area contributed by atoms with Crippen LogP contribution in [-0.4, -0.2) is 17.8 Å². The second kappa shape index (κ2) is 5.75. The van der Waals surface area contributed by atoms with Crippen LogP contribution in [0.1, 0.15) is 33.1 Å². The Kier molecular flexibility index (Phi) is 5.34. The van der Waals surface area contributed by atoms with Gasteiger partial charge in [-0.1, -0.05) is 18.9 Å². The summed E-state index contributed by atoms with van der Waals surface area (Å²) in [6.07, 6.45) is 2.60. The highest BCUT2D eigenvalue weighted by molar-refractivity contribution is 5.87. The van der Waals surface area contributed by atoms with Gasteiger partial charge in [-0.05, 0) is 19.8 Å². The first-order valence-electron chi connectivity index (χ1n) is 4.11. The Balaban J connectivity index is 4.27. The zero-order valence-electron chi connectivity index (χ0n) is 7.56. The van der Waals surface area contributed by atoms with Crippen molar-refractivity contribution in [1.82, 2.24) is 0 Å². The fourth-order valence-corrected chi connectivity index (χ4v) is 0.947. The van der Waals surface area contributed by atoms with E-state index < -0.39 is 12.6 Å². The van der Waals surface area contributed by atoms with Crippen molar-refractivity contribution in [3.8, 4) is 0 Å². The number of halogens is 1. The molecule has 2 nitrogen and oxygen atoms in total. The third-order valence-corrected chi connectivity index (χ3v) is 1.81. The Morgan fingerprint density at radius 3 is 2.42 bits per heavy atom. The van der Waals surface area contributed by atoms with E-state index in [1.807, 2.05) is 6.92 Å². The molecule has 0 atom stereocenters. The van der Waals surface area contributed by atoms with Crippen molar-refractivity contribution >= 4 is 5.97 Å².